The second kappa shape index (κ2) is 44.1. The monoisotopic (exact) mass is 1930 g/mol. The molecule has 8 aliphatic heterocycles. The van der Waals surface area contributed by atoms with Crippen LogP contribution in [-0.4, -0.2) is 277 Å². The fraction of sp³-hybridized carbons (Fsp3) is 0.588. The fourth-order valence-corrected chi connectivity index (χ4v) is 22.4. The lowest BCUT2D eigenvalue weighted by atomic mass is 9.89. The minimum Gasteiger partial charge on any atom is -0.391 e. The number of nitrogens with zero attached hydrogens (tertiary/aromatic N) is 14. The quantitative estimate of drug-likeness (QED) is 0.0278. The molecule has 2 unspecified atom stereocenters. The van der Waals surface area contributed by atoms with E-state index in [0.717, 1.165) is 168 Å². The van der Waals surface area contributed by atoms with Gasteiger partial charge in [-0.1, -0.05) is 13.8 Å². The number of rotatable bonds is 24. The van der Waals surface area contributed by atoms with Crippen LogP contribution in [0.3, 0.4) is 0 Å². The summed E-state index contributed by atoms with van der Waals surface area (Å²) in [4.78, 5) is 156. The molecule has 18 rings (SSSR count). The lowest BCUT2D eigenvalue weighted by Crippen LogP contribution is -2.58. The van der Waals surface area contributed by atoms with Crippen LogP contribution in [0.4, 0.5) is 32.1 Å². The highest BCUT2D eigenvalue weighted by atomic mass is 32.1. The van der Waals surface area contributed by atoms with Gasteiger partial charge in [0.2, 0.25) is 0 Å². The van der Waals surface area contributed by atoms with E-state index in [1.54, 1.807) is 28.4 Å². The Morgan fingerprint density at radius 3 is 1.14 bits per heavy atom. The number of anilines is 4. The molecule has 2 bridgehead atoms. The van der Waals surface area contributed by atoms with Crippen LogP contribution in [0.15, 0.2) is 49.1 Å². The van der Waals surface area contributed by atoms with Gasteiger partial charge in [-0.3, -0.25) is 38.4 Å². The molecule has 2 aliphatic carbocycles. The number of aliphatic hydroxyl groups excluding tert-OH is 2. The Morgan fingerprint density at radius 1 is 0.452 bits per heavy atom. The zero-order valence-electron chi connectivity index (χ0n) is 80.2. The van der Waals surface area contributed by atoms with Crippen molar-refractivity contribution in [3.8, 4) is 41.8 Å². The number of amides is 8. The van der Waals surface area contributed by atoms with Gasteiger partial charge in [-0.2, -0.15) is 0 Å². The summed E-state index contributed by atoms with van der Waals surface area (Å²) < 4.78 is 39.5. The van der Waals surface area contributed by atoms with Gasteiger partial charge in [-0.05, 0) is 234 Å². The molecule has 8 amide bonds. The summed E-state index contributed by atoms with van der Waals surface area (Å²) in [7, 11) is 0. The largest absolute Gasteiger partial charge is 0.391 e. The van der Waals surface area contributed by atoms with Gasteiger partial charge in [-0.25, -0.2) is 48.7 Å². The molecule has 0 radical (unpaired) electrons. The molecule has 0 spiro atoms. The van der Waals surface area contributed by atoms with Crippen molar-refractivity contribution in [2.45, 2.75) is 304 Å². The van der Waals surface area contributed by atoms with Gasteiger partial charge < -0.3 is 81.0 Å². The van der Waals surface area contributed by atoms with Crippen LogP contribution in [0.5, 0.6) is 0 Å². The van der Waals surface area contributed by atoms with E-state index in [1.807, 2.05) is 107 Å². The van der Waals surface area contributed by atoms with Crippen molar-refractivity contribution in [2.24, 2.45) is 0 Å². The Hall–Kier alpha value is -10.2. The summed E-state index contributed by atoms with van der Waals surface area (Å²) in [6.45, 7) is 38.4. The Bertz CT molecular complexity index is 5600. The average Bonchev–Trinajstić information content (AvgIpc) is 1.64. The SMILES string of the molecule is CC[C@@H](C)Nc1cc(C)c(-c2sc(C(=O)N3CC4CC(C3)O4)nc2C(=O)N2CCC[C@@H]2C)cn1.CC[C@@H](C)Nc1cc(C)c(-c2sc(C(=O)N3CCOCC3)nc2C(=O)N2CCC[C@@H]2C)cn1.C[C@H]1CCCN1C(=O)c1nc(C(=O)N[C@H]2CCC[C@@H]2O)sc1-c1cnc(NC(C)(C)C)cc1C(F)F.Cc1cc(NC(C)C)ncc1-c1sc(C(=O)N[C@@H]2CC[C@@H]2O)nc1C(=O)N1CCC[C@@H]1C. The zero-order chi connectivity index (χ0) is 96.7. The first kappa shape index (κ1) is 101. The molecule has 12 atom stereocenters. The Balaban J connectivity index is 0.000000144. The number of thiazole rings is 4. The Kier molecular flexibility index (Phi) is 32.9. The van der Waals surface area contributed by atoms with Gasteiger partial charge in [-0.15, -0.1) is 45.3 Å². The summed E-state index contributed by atoms with van der Waals surface area (Å²) in [5.41, 5.74) is 5.86. The molecule has 10 aliphatic rings. The number of fused-ring (bicyclic) bond motifs is 2. The Morgan fingerprint density at radius 2 is 0.807 bits per heavy atom. The van der Waals surface area contributed by atoms with Gasteiger partial charge in [0.1, 0.15) is 46.0 Å². The maximum atomic E-state index is 14.2. The van der Waals surface area contributed by atoms with Crippen molar-refractivity contribution in [1.82, 2.24) is 79.9 Å². The van der Waals surface area contributed by atoms with Crippen LogP contribution in [-0.2, 0) is 9.47 Å². The predicted octanol–water partition coefficient (Wildman–Crippen LogP) is 15.6. The molecule has 38 heteroatoms. The van der Waals surface area contributed by atoms with Crippen molar-refractivity contribution < 1.29 is 66.8 Å². The third-order valence-electron chi connectivity index (χ3n) is 26.5. The summed E-state index contributed by atoms with van der Waals surface area (Å²) in [5, 5.41) is 39.7. The third-order valence-corrected chi connectivity index (χ3v) is 30.8. The maximum absolute atomic E-state index is 14.2. The molecule has 0 aromatic carbocycles. The molecule has 8 aromatic heterocycles. The van der Waals surface area contributed by atoms with Gasteiger partial charge in [0.15, 0.2) is 20.0 Å². The molecule has 16 heterocycles. The standard InChI is InChI=1S/C25H33F2N5O3S.C25H33N5O3S.C24H33N5O3S.C23H31N5O3S/c1-13-7-6-10-32(13)24(35)19-20(36-23(30-19)22(34)29-16-8-5-9-17(16)33)15-12-28-18(31-25(2,3)4)11-14(15)21(26)27;1-5-15(3)27-20-9-14(2)19(11-26-20)22-21(24(31)30-8-6-7-16(30)4)28-23(34-22)25(32)29-12-17-10-18(13-29)33-17;1-5-16(3)26-19-13-15(2)18(14-25-19)21-20(23(30)29-8-6-7-17(29)4)27-22(33-21)24(31)28-9-11-32-12-10-28;1-12(2)25-18-10-13(3)15(11-24-18)20-19(23(31)28-9-5-6-14(28)4)27-22(32-20)21(30)26-16-7-8-17(16)29/h11-13,16-17,21,33H,5-10H2,1-4H3,(H,28,31)(H,29,34);9,11,15-18H,5-8,10,12-13H2,1-4H3,(H,26,27);13-14,16-17H,5-12H2,1-4H3,(H,25,26);10-12,14,16-17,29H,5-9H2,1-4H3,(H,24,25)(H,26,30)/t13-,16-,17-;15-,16+,17?,18?;16-,17+;14-,16+,17-/m0110/s1. The Labute approximate surface area is 804 Å². The minimum absolute atomic E-state index is 0.00332. The number of carbonyl (C=O) groups is 8. The van der Waals surface area contributed by atoms with Gasteiger partial charge >= 0.3 is 0 Å². The van der Waals surface area contributed by atoms with Crippen LogP contribution in [0, 0.1) is 20.8 Å². The lowest BCUT2D eigenvalue weighted by molar-refractivity contribution is -0.171. The maximum Gasteiger partial charge on any atom is 0.283 e. The smallest absolute Gasteiger partial charge is 0.283 e. The van der Waals surface area contributed by atoms with Crippen molar-refractivity contribution in [3.63, 3.8) is 0 Å². The molecular weight excluding hydrogens is 1800 g/mol. The molecule has 728 valence electrons. The molecule has 8 saturated heterocycles. The molecule has 8 N–H and O–H groups in total. The van der Waals surface area contributed by atoms with Crippen LogP contribution in [0.1, 0.15) is 303 Å². The lowest BCUT2D eigenvalue weighted by Gasteiger charge is -2.46. The number of morpholine rings is 2. The summed E-state index contributed by atoms with van der Waals surface area (Å²) in [6.07, 6.45) is 17.0. The first-order chi connectivity index (χ1) is 64.4. The summed E-state index contributed by atoms with van der Waals surface area (Å²) in [5.74, 6) is 0.813. The number of likely N-dealkylation sites (tertiary alicyclic amines) is 4. The second-order valence-electron chi connectivity index (χ2n) is 38.5. The first-order valence-corrected chi connectivity index (χ1v) is 51.0. The molecule has 32 nitrogen and oxygen atoms in total. The van der Waals surface area contributed by atoms with Gasteiger partial charge in [0.25, 0.3) is 53.7 Å². The second-order valence-corrected chi connectivity index (χ2v) is 42.5. The van der Waals surface area contributed by atoms with Crippen LogP contribution < -0.4 is 31.9 Å². The summed E-state index contributed by atoms with van der Waals surface area (Å²) >= 11 is 4.70. The van der Waals surface area contributed by atoms with Gasteiger partial charge in [0, 0.05) is 159 Å². The summed E-state index contributed by atoms with van der Waals surface area (Å²) in [6, 6.07) is 7.96. The highest BCUT2D eigenvalue weighted by molar-refractivity contribution is 7.18. The highest BCUT2D eigenvalue weighted by Gasteiger charge is 2.44. The predicted molar refractivity (Wildman–Crippen MR) is 522 cm³/mol. The average molecular weight is 1930 g/mol. The first-order valence-electron chi connectivity index (χ1n) is 47.7. The molecular formula is C97H130F2N20O12S4. The van der Waals surface area contributed by atoms with Crippen molar-refractivity contribution in [2.75, 3.05) is 86.8 Å². The normalized spacial score (nSPS) is 22.3. The molecule has 10 fully saturated rings. The van der Waals surface area contributed by atoms with E-state index in [9.17, 15) is 57.4 Å². The third kappa shape index (κ3) is 23.8. The molecule has 135 heavy (non-hydrogen) atoms. The van der Waals surface area contributed by atoms with E-state index in [1.165, 1.54) is 46.3 Å². The fourth-order valence-electron chi connectivity index (χ4n) is 18.1. The van der Waals surface area contributed by atoms with E-state index >= 15 is 0 Å². The van der Waals surface area contributed by atoms with E-state index < -0.39 is 30.6 Å². The number of halogens is 2. The number of piperidine rings is 1. The van der Waals surface area contributed by atoms with Crippen LogP contribution in [0.25, 0.3) is 41.8 Å². The van der Waals surface area contributed by atoms with E-state index in [4.69, 9.17) is 9.47 Å². The minimum atomic E-state index is -2.83. The number of ether oxygens (including phenoxy) is 2. The number of aromatic nitrogens is 8. The number of pyridine rings is 4. The highest BCUT2D eigenvalue weighted by Crippen LogP contribution is 2.44. The van der Waals surface area contributed by atoms with Crippen molar-refractivity contribution in [1.29, 1.82) is 0 Å². The topological polar surface area (TPSA) is 390 Å². The van der Waals surface area contributed by atoms with Gasteiger partial charge in [0.05, 0.1) is 69.2 Å². The van der Waals surface area contributed by atoms with Crippen LogP contribution in [0.2, 0.25) is 0 Å². The number of hydrogen-bond acceptors (Lipinski definition) is 28. The van der Waals surface area contributed by atoms with Crippen molar-refractivity contribution in [3.05, 3.63) is 114 Å². The number of aliphatic hydroxyl groups is 2. The number of hydrogen-bond donors (Lipinski definition) is 8. The van der Waals surface area contributed by atoms with Crippen LogP contribution >= 0.6 is 45.3 Å². The van der Waals surface area contributed by atoms with E-state index in [-0.39, 0.29) is 127 Å². The number of nitrogens with one attached hydrogen (secondary N) is 6. The molecule has 8 aromatic rings. The number of aryl methyl sites for hydroxylation is 3. The number of alkyl halides is 2. The van der Waals surface area contributed by atoms with Crippen molar-refractivity contribution >= 4 is 116 Å². The van der Waals surface area contributed by atoms with E-state index in [2.05, 4.69) is 113 Å². The molecule has 2 saturated carbocycles. The number of carbonyl (C=O) groups excluding carboxylic acids is 8. The van der Waals surface area contributed by atoms with E-state index in [0.29, 0.717) is 122 Å². The zero-order valence-corrected chi connectivity index (χ0v) is 83.5.